The summed E-state index contributed by atoms with van der Waals surface area (Å²) in [6.45, 7) is 13.0. The van der Waals surface area contributed by atoms with Gasteiger partial charge in [-0.05, 0) is 48.5 Å². The summed E-state index contributed by atoms with van der Waals surface area (Å²) >= 11 is 0. The van der Waals surface area contributed by atoms with E-state index in [-0.39, 0.29) is 5.60 Å². The van der Waals surface area contributed by atoms with Crippen LogP contribution in [0.3, 0.4) is 0 Å². The van der Waals surface area contributed by atoms with E-state index in [0.29, 0.717) is 0 Å². The highest BCUT2D eigenvalue weighted by Gasteiger charge is 2.23. The van der Waals surface area contributed by atoms with Crippen molar-refractivity contribution in [2.24, 2.45) is 0 Å². The van der Waals surface area contributed by atoms with E-state index in [9.17, 15) is 0 Å². The maximum absolute atomic E-state index is 5.30. The van der Waals surface area contributed by atoms with Gasteiger partial charge in [-0.15, -0.1) is 0 Å². The molecule has 0 aromatic heterocycles. The van der Waals surface area contributed by atoms with Crippen molar-refractivity contribution in [2.75, 3.05) is 7.11 Å². The average Bonchev–Trinajstić information content (AvgIpc) is 2.12. The zero-order chi connectivity index (χ0) is 13.7. The Bertz CT molecular complexity index is 289. The van der Waals surface area contributed by atoms with Gasteiger partial charge in [-0.1, -0.05) is 11.8 Å². The van der Waals surface area contributed by atoms with Crippen molar-refractivity contribution < 1.29 is 19.6 Å². The third-order valence-corrected chi connectivity index (χ3v) is 1.46. The van der Waals surface area contributed by atoms with E-state index < -0.39 is 11.2 Å². The predicted molar refractivity (Wildman–Crippen MR) is 66.0 cm³/mol. The molecule has 0 N–H and O–H groups in total. The van der Waals surface area contributed by atoms with Gasteiger partial charge in [0.2, 0.25) is 0 Å². The lowest BCUT2D eigenvalue weighted by molar-refractivity contribution is -0.384. The zero-order valence-corrected chi connectivity index (χ0v) is 12.1. The predicted octanol–water partition coefficient (Wildman–Crippen LogP) is 2.87. The minimum absolute atomic E-state index is 0.364. The third kappa shape index (κ3) is 9.13. The quantitative estimate of drug-likeness (QED) is 0.433. The van der Waals surface area contributed by atoms with E-state index in [1.165, 1.54) is 7.11 Å². The minimum atomic E-state index is -0.707. The van der Waals surface area contributed by atoms with Gasteiger partial charge in [0.1, 0.15) is 0 Å². The first-order valence-corrected chi connectivity index (χ1v) is 5.60. The number of rotatable bonds is 4. The Morgan fingerprint density at radius 1 is 0.647 bits per heavy atom. The fourth-order valence-electron chi connectivity index (χ4n) is 0.780. The molecule has 0 atom stereocenters. The van der Waals surface area contributed by atoms with Crippen LogP contribution in [0, 0.1) is 11.8 Å². The molecule has 0 saturated heterocycles. The first kappa shape index (κ1) is 16.4. The normalized spacial score (nSPS) is 13.2. The van der Waals surface area contributed by atoms with Crippen LogP contribution in [-0.4, -0.2) is 23.9 Å². The van der Waals surface area contributed by atoms with Crippen LogP contribution in [0.2, 0.25) is 0 Å². The summed E-state index contributed by atoms with van der Waals surface area (Å²) in [4.78, 5) is 20.2. The van der Waals surface area contributed by atoms with Crippen LogP contribution in [0.25, 0.3) is 0 Å². The molecule has 0 aromatic carbocycles. The van der Waals surface area contributed by atoms with Gasteiger partial charge in [0.15, 0.2) is 11.2 Å². The largest absolute Gasteiger partial charge is 0.239 e. The highest BCUT2D eigenvalue weighted by Crippen LogP contribution is 2.16. The molecule has 0 fully saturated rings. The van der Waals surface area contributed by atoms with Gasteiger partial charge < -0.3 is 0 Å². The molecule has 0 amide bonds. The first-order valence-electron chi connectivity index (χ1n) is 5.60. The fraction of sp³-hybridized carbons (Fsp3) is 0.846. The van der Waals surface area contributed by atoms with Crippen LogP contribution >= 0.6 is 0 Å². The molecule has 0 radical (unpaired) electrons. The van der Waals surface area contributed by atoms with Crippen LogP contribution < -0.4 is 0 Å². The van der Waals surface area contributed by atoms with Gasteiger partial charge in [0, 0.05) is 0 Å². The Hall–Kier alpha value is -0.600. The summed E-state index contributed by atoms with van der Waals surface area (Å²) in [5, 5.41) is 0. The lowest BCUT2D eigenvalue weighted by Gasteiger charge is -2.25. The van der Waals surface area contributed by atoms with E-state index in [2.05, 4.69) is 16.7 Å². The monoisotopic (exact) mass is 244 g/mol. The maximum Gasteiger partial charge on any atom is 0.158 e. The SMILES string of the molecule is COOC(C)(C)C#CC(C)(C)OOC(C)(C)C. The Balaban J connectivity index is 4.49. The summed E-state index contributed by atoms with van der Waals surface area (Å²) in [5.41, 5.74) is -1.75. The van der Waals surface area contributed by atoms with Gasteiger partial charge in [-0.2, -0.15) is 0 Å². The van der Waals surface area contributed by atoms with Gasteiger partial charge in [-0.25, -0.2) is 19.6 Å². The van der Waals surface area contributed by atoms with Crippen molar-refractivity contribution in [1.29, 1.82) is 0 Å². The molecular formula is C13H24O4. The molecule has 4 nitrogen and oxygen atoms in total. The molecule has 0 aromatic rings. The third-order valence-electron chi connectivity index (χ3n) is 1.46. The Morgan fingerprint density at radius 2 is 1.06 bits per heavy atom. The maximum atomic E-state index is 5.30. The van der Waals surface area contributed by atoms with Gasteiger partial charge in [0.25, 0.3) is 0 Å². The molecule has 0 unspecified atom stereocenters. The summed E-state index contributed by atoms with van der Waals surface area (Å²) < 4.78 is 0. The van der Waals surface area contributed by atoms with Crippen LogP contribution in [0.15, 0.2) is 0 Å². The van der Waals surface area contributed by atoms with Crippen molar-refractivity contribution in [3.8, 4) is 11.8 Å². The average molecular weight is 244 g/mol. The smallest absolute Gasteiger partial charge is 0.158 e. The van der Waals surface area contributed by atoms with Gasteiger partial charge in [0.05, 0.1) is 12.7 Å². The van der Waals surface area contributed by atoms with Gasteiger partial charge in [-0.3, -0.25) is 0 Å². The molecule has 0 heterocycles. The Kier molecular flexibility index (Phi) is 5.63. The van der Waals surface area contributed by atoms with Crippen molar-refractivity contribution in [2.45, 2.75) is 65.3 Å². The van der Waals surface area contributed by atoms with Crippen molar-refractivity contribution in [3.63, 3.8) is 0 Å². The summed E-state index contributed by atoms with van der Waals surface area (Å²) in [6, 6.07) is 0. The van der Waals surface area contributed by atoms with E-state index in [0.717, 1.165) is 0 Å². The highest BCUT2D eigenvalue weighted by atomic mass is 17.2. The molecule has 0 aliphatic carbocycles. The Labute approximate surface area is 104 Å². The Morgan fingerprint density at radius 3 is 1.41 bits per heavy atom. The second kappa shape index (κ2) is 5.83. The lowest BCUT2D eigenvalue weighted by Crippen LogP contribution is -2.30. The number of hydrogen-bond acceptors (Lipinski definition) is 4. The van der Waals surface area contributed by atoms with E-state index >= 15 is 0 Å². The standard InChI is InChI=1S/C13H24O4/c1-11(2,3)15-17-13(6,7)10-9-12(4,5)16-14-8/h1-8H3. The summed E-state index contributed by atoms with van der Waals surface area (Å²) in [6.07, 6.45) is 0. The molecule has 100 valence electrons. The molecular weight excluding hydrogens is 220 g/mol. The molecule has 17 heavy (non-hydrogen) atoms. The molecule has 4 heteroatoms. The van der Waals surface area contributed by atoms with Crippen LogP contribution in [0.1, 0.15) is 48.5 Å². The molecule has 0 aliphatic heterocycles. The minimum Gasteiger partial charge on any atom is -0.239 e. The fourth-order valence-corrected chi connectivity index (χ4v) is 0.780. The number of hydrogen-bond donors (Lipinski definition) is 0. The topological polar surface area (TPSA) is 36.9 Å². The van der Waals surface area contributed by atoms with Crippen LogP contribution in [-0.2, 0) is 19.6 Å². The van der Waals surface area contributed by atoms with E-state index in [1.54, 1.807) is 0 Å². The molecule has 0 spiro atoms. The van der Waals surface area contributed by atoms with Crippen molar-refractivity contribution >= 4 is 0 Å². The molecule has 0 saturated carbocycles. The first-order chi connectivity index (χ1) is 7.47. The highest BCUT2D eigenvalue weighted by molar-refractivity contribution is 5.17. The van der Waals surface area contributed by atoms with Crippen molar-refractivity contribution in [1.82, 2.24) is 0 Å². The molecule has 0 rings (SSSR count). The molecule has 0 bridgehead atoms. The summed E-state index contributed by atoms with van der Waals surface area (Å²) in [5.74, 6) is 5.89. The van der Waals surface area contributed by atoms with Crippen LogP contribution in [0.5, 0.6) is 0 Å². The lowest BCUT2D eigenvalue weighted by atomic mass is 10.1. The zero-order valence-electron chi connectivity index (χ0n) is 12.1. The summed E-state index contributed by atoms with van der Waals surface area (Å²) in [7, 11) is 1.45. The van der Waals surface area contributed by atoms with Gasteiger partial charge >= 0.3 is 0 Å². The van der Waals surface area contributed by atoms with E-state index in [1.807, 2.05) is 48.5 Å². The molecule has 0 aliphatic rings. The second-order valence-electron chi connectivity index (χ2n) is 5.80. The second-order valence-corrected chi connectivity index (χ2v) is 5.80. The van der Waals surface area contributed by atoms with E-state index in [4.69, 9.17) is 14.7 Å². The van der Waals surface area contributed by atoms with Crippen molar-refractivity contribution in [3.05, 3.63) is 0 Å². The van der Waals surface area contributed by atoms with Crippen LogP contribution in [0.4, 0.5) is 0 Å².